The topological polar surface area (TPSA) is 40.5 Å². The zero-order chi connectivity index (χ0) is 7.90. The number of amides is 1. The predicted octanol–water partition coefficient (Wildman–Crippen LogP) is 0.134. The first-order valence-corrected chi connectivity index (χ1v) is 4.24. The van der Waals surface area contributed by atoms with Gasteiger partial charge >= 0.3 is 0 Å². The van der Waals surface area contributed by atoms with Crippen molar-refractivity contribution in [2.45, 2.75) is 31.3 Å². The average molecular weight is 155 g/mol. The van der Waals surface area contributed by atoms with E-state index in [9.17, 15) is 9.90 Å². The van der Waals surface area contributed by atoms with Crippen LogP contribution in [-0.2, 0) is 4.79 Å². The van der Waals surface area contributed by atoms with Gasteiger partial charge in [-0.3, -0.25) is 4.79 Å². The minimum Gasteiger partial charge on any atom is -0.380 e. The highest BCUT2D eigenvalue weighted by atomic mass is 16.3. The van der Waals surface area contributed by atoms with E-state index >= 15 is 0 Å². The number of hydrogen-bond donors (Lipinski definition) is 1. The molecule has 3 heteroatoms. The van der Waals surface area contributed by atoms with Gasteiger partial charge in [0.1, 0.15) is 5.60 Å². The Hall–Kier alpha value is -0.570. The van der Waals surface area contributed by atoms with Crippen molar-refractivity contribution in [3.8, 4) is 0 Å². The minimum atomic E-state index is -0.940. The Morgan fingerprint density at radius 2 is 1.82 bits per heavy atom. The molecule has 1 aliphatic carbocycles. The van der Waals surface area contributed by atoms with Crippen LogP contribution in [0.15, 0.2) is 0 Å². The summed E-state index contributed by atoms with van der Waals surface area (Å²) in [6, 6.07) is 0. The fraction of sp³-hybridized carbons (Fsp3) is 0.875. The van der Waals surface area contributed by atoms with E-state index in [1.54, 1.807) is 4.90 Å². The lowest BCUT2D eigenvalue weighted by molar-refractivity contribution is -0.141. The summed E-state index contributed by atoms with van der Waals surface area (Å²) in [5, 5.41) is 9.47. The lowest BCUT2D eigenvalue weighted by Crippen LogP contribution is -2.38. The zero-order valence-corrected chi connectivity index (χ0v) is 6.55. The summed E-state index contributed by atoms with van der Waals surface area (Å²) in [4.78, 5) is 13.2. The van der Waals surface area contributed by atoms with Crippen LogP contribution in [0.4, 0.5) is 0 Å². The first-order chi connectivity index (χ1) is 5.22. The summed E-state index contributed by atoms with van der Waals surface area (Å²) in [6.07, 6.45) is 3.54. The molecule has 0 atom stereocenters. The molecule has 2 rings (SSSR count). The molecule has 0 spiro atoms. The van der Waals surface area contributed by atoms with E-state index in [0.717, 1.165) is 25.9 Å². The molecule has 1 saturated carbocycles. The number of hydrogen-bond acceptors (Lipinski definition) is 2. The first kappa shape index (κ1) is 7.10. The van der Waals surface area contributed by atoms with E-state index in [1.165, 1.54) is 0 Å². The fourth-order valence-electron chi connectivity index (χ4n) is 1.55. The first-order valence-electron chi connectivity index (χ1n) is 4.24. The number of rotatable bonds is 1. The third-order valence-electron chi connectivity index (χ3n) is 2.51. The van der Waals surface area contributed by atoms with Gasteiger partial charge in [-0.2, -0.15) is 0 Å². The highest BCUT2D eigenvalue weighted by Crippen LogP contribution is 2.37. The maximum Gasteiger partial charge on any atom is 0.254 e. The van der Waals surface area contributed by atoms with Gasteiger partial charge < -0.3 is 10.0 Å². The van der Waals surface area contributed by atoms with Gasteiger partial charge in [0.25, 0.3) is 5.91 Å². The molecule has 62 valence electrons. The van der Waals surface area contributed by atoms with Crippen LogP contribution in [0.5, 0.6) is 0 Å². The van der Waals surface area contributed by atoms with Gasteiger partial charge in [-0.15, -0.1) is 0 Å². The Labute approximate surface area is 66.0 Å². The molecule has 0 bridgehead atoms. The summed E-state index contributed by atoms with van der Waals surface area (Å²) in [6.45, 7) is 1.70. The quantitative estimate of drug-likeness (QED) is 0.585. The van der Waals surface area contributed by atoms with Crippen molar-refractivity contribution in [1.82, 2.24) is 4.90 Å². The minimum absolute atomic E-state index is 0.0324. The molecule has 1 heterocycles. The summed E-state index contributed by atoms with van der Waals surface area (Å²) in [5.41, 5.74) is -0.940. The Kier molecular flexibility index (Phi) is 1.42. The van der Waals surface area contributed by atoms with Gasteiger partial charge in [0.2, 0.25) is 0 Å². The van der Waals surface area contributed by atoms with E-state index in [1.807, 2.05) is 0 Å². The van der Waals surface area contributed by atoms with Crippen molar-refractivity contribution in [3.63, 3.8) is 0 Å². The van der Waals surface area contributed by atoms with E-state index < -0.39 is 5.60 Å². The molecule has 0 radical (unpaired) electrons. The maximum absolute atomic E-state index is 11.4. The molecule has 0 aromatic rings. The van der Waals surface area contributed by atoms with E-state index in [2.05, 4.69) is 0 Å². The van der Waals surface area contributed by atoms with Crippen molar-refractivity contribution >= 4 is 5.91 Å². The van der Waals surface area contributed by atoms with Crippen molar-refractivity contribution in [2.75, 3.05) is 13.1 Å². The van der Waals surface area contributed by atoms with Gasteiger partial charge in [-0.25, -0.2) is 0 Å². The van der Waals surface area contributed by atoms with Crippen LogP contribution in [0.3, 0.4) is 0 Å². The normalized spacial score (nSPS) is 27.2. The number of carbonyl (C=O) groups excluding carboxylic acids is 1. The molecule has 0 aromatic carbocycles. The molecule has 2 aliphatic rings. The van der Waals surface area contributed by atoms with Gasteiger partial charge in [0.05, 0.1) is 0 Å². The second-order valence-corrected chi connectivity index (χ2v) is 3.53. The van der Waals surface area contributed by atoms with E-state index in [-0.39, 0.29) is 5.91 Å². The highest BCUT2D eigenvalue weighted by Gasteiger charge is 2.50. The molecule has 1 N–H and O–H groups in total. The van der Waals surface area contributed by atoms with Crippen molar-refractivity contribution in [1.29, 1.82) is 0 Å². The van der Waals surface area contributed by atoms with Crippen LogP contribution in [0.1, 0.15) is 25.7 Å². The second kappa shape index (κ2) is 2.21. The smallest absolute Gasteiger partial charge is 0.254 e. The molecule has 0 aromatic heterocycles. The van der Waals surface area contributed by atoms with Crippen LogP contribution in [0.2, 0.25) is 0 Å². The van der Waals surface area contributed by atoms with Gasteiger partial charge in [0.15, 0.2) is 0 Å². The Morgan fingerprint density at radius 3 is 2.27 bits per heavy atom. The van der Waals surface area contributed by atoms with Crippen molar-refractivity contribution < 1.29 is 9.90 Å². The van der Waals surface area contributed by atoms with Crippen LogP contribution in [0, 0.1) is 0 Å². The number of likely N-dealkylation sites (tertiary alicyclic amines) is 1. The molecule has 1 amide bonds. The Morgan fingerprint density at radius 1 is 1.27 bits per heavy atom. The number of aliphatic hydroxyl groups is 1. The van der Waals surface area contributed by atoms with Gasteiger partial charge in [-0.05, 0) is 25.7 Å². The molecule has 3 nitrogen and oxygen atoms in total. The molecule has 1 aliphatic heterocycles. The third-order valence-corrected chi connectivity index (χ3v) is 2.51. The van der Waals surface area contributed by atoms with Crippen LogP contribution < -0.4 is 0 Å². The van der Waals surface area contributed by atoms with Crippen LogP contribution >= 0.6 is 0 Å². The summed E-state index contributed by atoms with van der Waals surface area (Å²) < 4.78 is 0. The monoisotopic (exact) mass is 155 g/mol. The van der Waals surface area contributed by atoms with Crippen molar-refractivity contribution in [3.05, 3.63) is 0 Å². The second-order valence-electron chi connectivity index (χ2n) is 3.53. The Bertz CT molecular complexity index is 181. The standard InChI is InChI=1S/C8H13NO2/c10-7(8(11)3-4-8)9-5-1-2-6-9/h11H,1-6H2. The molecule has 1 saturated heterocycles. The van der Waals surface area contributed by atoms with E-state index in [0.29, 0.717) is 12.8 Å². The van der Waals surface area contributed by atoms with Crippen LogP contribution in [-0.4, -0.2) is 34.6 Å². The highest BCUT2D eigenvalue weighted by molar-refractivity contribution is 5.87. The lowest BCUT2D eigenvalue weighted by atomic mass is 10.3. The van der Waals surface area contributed by atoms with Crippen LogP contribution in [0.25, 0.3) is 0 Å². The zero-order valence-electron chi connectivity index (χ0n) is 6.55. The molecule has 11 heavy (non-hydrogen) atoms. The lowest BCUT2D eigenvalue weighted by Gasteiger charge is -2.18. The average Bonchev–Trinajstić information content (AvgIpc) is 2.54. The van der Waals surface area contributed by atoms with Gasteiger partial charge in [-0.1, -0.05) is 0 Å². The molecule has 2 fully saturated rings. The summed E-state index contributed by atoms with van der Waals surface area (Å²) >= 11 is 0. The summed E-state index contributed by atoms with van der Waals surface area (Å²) in [5.74, 6) is -0.0324. The molecular formula is C8H13NO2. The van der Waals surface area contributed by atoms with Crippen molar-refractivity contribution in [2.24, 2.45) is 0 Å². The SMILES string of the molecule is O=C(N1CCCC1)C1(O)CC1. The fourth-order valence-corrected chi connectivity index (χ4v) is 1.55. The Balaban J connectivity index is 1.98. The maximum atomic E-state index is 11.4. The molecular weight excluding hydrogens is 142 g/mol. The predicted molar refractivity (Wildman–Crippen MR) is 40.0 cm³/mol. The third kappa shape index (κ3) is 1.13. The largest absolute Gasteiger partial charge is 0.380 e. The number of carbonyl (C=O) groups is 1. The summed E-state index contributed by atoms with van der Waals surface area (Å²) in [7, 11) is 0. The van der Waals surface area contributed by atoms with Gasteiger partial charge in [0, 0.05) is 13.1 Å². The number of nitrogens with zero attached hydrogens (tertiary/aromatic N) is 1. The molecule has 0 unspecified atom stereocenters. The van der Waals surface area contributed by atoms with E-state index in [4.69, 9.17) is 0 Å².